The summed E-state index contributed by atoms with van der Waals surface area (Å²) in [5.41, 5.74) is 5.66. The van der Waals surface area contributed by atoms with Crippen LogP contribution in [0.25, 0.3) is 10.8 Å². The fraction of sp³-hybridized carbons (Fsp3) is 0.0400. The van der Waals surface area contributed by atoms with Crippen LogP contribution < -0.4 is 10.3 Å². The van der Waals surface area contributed by atoms with Gasteiger partial charge in [0.25, 0.3) is 5.91 Å². The summed E-state index contributed by atoms with van der Waals surface area (Å²) in [6, 6.07) is 28.7. The highest BCUT2D eigenvalue weighted by molar-refractivity contribution is 6.01. The molecule has 5 nitrogen and oxygen atoms in total. The fourth-order valence-corrected chi connectivity index (χ4v) is 3.22. The summed E-state index contributed by atoms with van der Waals surface area (Å²) in [6.07, 6.45) is 1.57. The molecule has 4 aromatic rings. The zero-order chi connectivity index (χ0) is 20.9. The van der Waals surface area contributed by atoms with Crippen molar-refractivity contribution >= 4 is 34.3 Å². The molecule has 30 heavy (non-hydrogen) atoms. The number of hydrogen-bond donors (Lipinski definition) is 2. The first-order chi connectivity index (χ1) is 14.6. The lowest BCUT2D eigenvalue weighted by Gasteiger charge is -2.19. The van der Waals surface area contributed by atoms with Gasteiger partial charge in [-0.05, 0) is 52.7 Å². The van der Waals surface area contributed by atoms with Crippen molar-refractivity contribution in [2.75, 3.05) is 11.9 Å². The maximum atomic E-state index is 12.4. The highest BCUT2D eigenvalue weighted by Gasteiger charge is 2.11. The third-order valence-electron chi connectivity index (χ3n) is 4.91. The Balaban J connectivity index is 1.43. The van der Waals surface area contributed by atoms with E-state index >= 15 is 0 Å². The summed E-state index contributed by atoms with van der Waals surface area (Å²) in [7, 11) is 2.01. The van der Waals surface area contributed by atoms with Gasteiger partial charge in [0.15, 0.2) is 0 Å². The van der Waals surface area contributed by atoms with Gasteiger partial charge < -0.3 is 10.0 Å². The number of nitrogens with one attached hydrogen (secondary N) is 1. The summed E-state index contributed by atoms with van der Waals surface area (Å²) < 4.78 is 0. The summed E-state index contributed by atoms with van der Waals surface area (Å²) in [5, 5.41) is 15.9. The Bertz CT molecular complexity index is 1200. The molecule has 0 aliphatic rings. The molecule has 0 bridgehead atoms. The first-order valence-corrected chi connectivity index (χ1v) is 9.56. The van der Waals surface area contributed by atoms with E-state index in [4.69, 9.17) is 0 Å². The Labute approximate surface area is 174 Å². The number of phenols is 1. The van der Waals surface area contributed by atoms with Crippen molar-refractivity contribution in [2.45, 2.75) is 0 Å². The number of fused-ring (bicyclic) bond motifs is 1. The van der Waals surface area contributed by atoms with Crippen molar-refractivity contribution < 1.29 is 9.90 Å². The molecule has 4 aromatic carbocycles. The molecule has 0 unspecified atom stereocenters. The van der Waals surface area contributed by atoms with Crippen molar-refractivity contribution in [3.63, 3.8) is 0 Å². The quantitative estimate of drug-likeness (QED) is 0.366. The van der Waals surface area contributed by atoms with E-state index in [0.29, 0.717) is 0 Å². The lowest BCUT2D eigenvalue weighted by atomic mass is 10.1. The lowest BCUT2D eigenvalue weighted by molar-refractivity contribution is 0.0952. The molecule has 4 rings (SSSR count). The van der Waals surface area contributed by atoms with Crippen LogP contribution in [0.2, 0.25) is 0 Å². The topological polar surface area (TPSA) is 64.9 Å². The molecule has 1 amide bonds. The van der Waals surface area contributed by atoms with Gasteiger partial charge in [0.2, 0.25) is 0 Å². The highest BCUT2D eigenvalue weighted by atomic mass is 16.3. The van der Waals surface area contributed by atoms with Crippen LogP contribution in [0.4, 0.5) is 11.4 Å². The first kappa shape index (κ1) is 19.2. The van der Waals surface area contributed by atoms with Gasteiger partial charge in [-0.15, -0.1) is 0 Å². The van der Waals surface area contributed by atoms with Gasteiger partial charge in [0.1, 0.15) is 5.75 Å². The van der Waals surface area contributed by atoms with Crippen LogP contribution in [0.5, 0.6) is 5.75 Å². The largest absolute Gasteiger partial charge is 0.507 e. The number of amides is 1. The number of carbonyl (C=O) groups excluding carboxylic acids is 1. The van der Waals surface area contributed by atoms with E-state index in [1.807, 2.05) is 85.9 Å². The van der Waals surface area contributed by atoms with Crippen molar-refractivity contribution in [1.82, 2.24) is 5.43 Å². The molecule has 0 heterocycles. The Morgan fingerprint density at radius 1 is 0.867 bits per heavy atom. The number of carbonyl (C=O) groups is 1. The average Bonchev–Trinajstić information content (AvgIpc) is 2.79. The third kappa shape index (κ3) is 4.15. The van der Waals surface area contributed by atoms with E-state index in [2.05, 4.69) is 15.4 Å². The van der Waals surface area contributed by atoms with Crippen LogP contribution >= 0.6 is 0 Å². The normalized spacial score (nSPS) is 11.0. The van der Waals surface area contributed by atoms with Crippen molar-refractivity contribution in [3.8, 4) is 5.75 Å². The number of hydrazone groups is 1. The van der Waals surface area contributed by atoms with Crippen LogP contribution in [0.1, 0.15) is 15.9 Å². The van der Waals surface area contributed by atoms with Crippen molar-refractivity contribution in [3.05, 3.63) is 102 Å². The zero-order valence-corrected chi connectivity index (χ0v) is 16.5. The Morgan fingerprint density at radius 2 is 1.47 bits per heavy atom. The van der Waals surface area contributed by atoms with E-state index in [1.54, 1.807) is 18.3 Å². The Morgan fingerprint density at radius 3 is 2.17 bits per heavy atom. The average molecular weight is 395 g/mol. The minimum atomic E-state index is -0.463. The number of aromatic hydroxyl groups is 1. The van der Waals surface area contributed by atoms with Crippen LogP contribution in [-0.4, -0.2) is 24.3 Å². The molecule has 0 spiro atoms. The lowest BCUT2D eigenvalue weighted by Crippen LogP contribution is -2.17. The number of anilines is 2. The smallest absolute Gasteiger partial charge is 0.275 e. The van der Waals surface area contributed by atoms with Crippen LogP contribution in [0.15, 0.2) is 96.1 Å². The zero-order valence-electron chi connectivity index (χ0n) is 16.5. The number of phenolic OH excluding ortho intramolecular Hbond substituents is 1. The molecule has 0 aliphatic heterocycles. The molecule has 0 radical (unpaired) electrons. The summed E-state index contributed by atoms with van der Waals surface area (Å²) in [6.45, 7) is 0. The molecule has 0 aliphatic carbocycles. The molecular formula is C25H21N3O2. The maximum Gasteiger partial charge on any atom is 0.275 e. The second-order valence-electron chi connectivity index (χ2n) is 6.90. The third-order valence-corrected chi connectivity index (χ3v) is 4.91. The van der Waals surface area contributed by atoms with Crippen molar-refractivity contribution in [2.24, 2.45) is 5.10 Å². The van der Waals surface area contributed by atoms with E-state index in [-0.39, 0.29) is 11.3 Å². The van der Waals surface area contributed by atoms with Crippen LogP contribution in [0.3, 0.4) is 0 Å². The molecule has 0 atom stereocenters. The van der Waals surface area contributed by atoms with E-state index < -0.39 is 5.91 Å². The van der Waals surface area contributed by atoms with Gasteiger partial charge in [-0.3, -0.25) is 4.79 Å². The van der Waals surface area contributed by atoms with Gasteiger partial charge in [-0.1, -0.05) is 54.6 Å². The van der Waals surface area contributed by atoms with Gasteiger partial charge in [0, 0.05) is 18.4 Å². The fourth-order valence-electron chi connectivity index (χ4n) is 3.22. The van der Waals surface area contributed by atoms with Gasteiger partial charge in [-0.2, -0.15) is 5.10 Å². The highest BCUT2D eigenvalue weighted by Crippen LogP contribution is 2.25. The van der Waals surface area contributed by atoms with Crippen LogP contribution in [-0.2, 0) is 0 Å². The minimum absolute atomic E-state index is 0.0743. The maximum absolute atomic E-state index is 12.4. The number of rotatable bonds is 5. The molecule has 2 N–H and O–H groups in total. The predicted molar refractivity (Wildman–Crippen MR) is 122 cm³/mol. The predicted octanol–water partition coefficient (Wildman–Crippen LogP) is 5.08. The van der Waals surface area contributed by atoms with Crippen LogP contribution in [0, 0.1) is 0 Å². The standard InChI is InChI=1S/C25H21N3O2/c1-28(21-9-3-2-4-10-21)22-13-11-18(12-14-22)17-26-27-25(30)23-15-19-7-5-6-8-20(19)16-24(23)29/h2-17,29H,1H3,(H,27,30)/b26-17+. The molecule has 0 saturated carbocycles. The molecule has 0 fully saturated rings. The molecule has 0 saturated heterocycles. The summed E-state index contributed by atoms with van der Waals surface area (Å²) in [4.78, 5) is 14.5. The summed E-state index contributed by atoms with van der Waals surface area (Å²) >= 11 is 0. The SMILES string of the molecule is CN(c1ccccc1)c1ccc(/C=N/NC(=O)c2cc3ccccc3cc2O)cc1. The number of para-hydroxylation sites is 1. The van der Waals surface area contributed by atoms with Gasteiger partial charge in [-0.25, -0.2) is 5.43 Å². The Kier molecular flexibility index (Phi) is 5.44. The number of benzene rings is 4. The van der Waals surface area contributed by atoms with Gasteiger partial charge >= 0.3 is 0 Å². The molecule has 0 aromatic heterocycles. The second kappa shape index (κ2) is 8.49. The molecule has 148 valence electrons. The number of nitrogens with zero attached hydrogens (tertiary/aromatic N) is 2. The number of hydrogen-bond acceptors (Lipinski definition) is 4. The molecule has 5 heteroatoms. The van der Waals surface area contributed by atoms with E-state index in [0.717, 1.165) is 27.7 Å². The molecular weight excluding hydrogens is 374 g/mol. The first-order valence-electron chi connectivity index (χ1n) is 9.56. The van der Waals surface area contributed by atoms with E-state index in [9.17, 15) is 9.90 Å². The monoisotopic (exact) mass is 395 g/mol. The van der Waals surface area contributed by atoms with E-state index in [1.165, 1.54) is 0 Å². The van der Waals surface area contributed by atoms with Crippen molar-refractivity contribution in [1.29, 1.82) is 0 Å². The minimum Gasteiger partial charge on any atom is -0.507 e. The summed E-state index contributed by atoms with van der Waals surface area (Å²) in [5.74, 6) is -0.537. The Hall–Kier alpha value is -4.12. The second-order valence-corrected chi connectivity index (χ2v) is 6.90. The van der Waals surface area contributed by atoms with Gasteiger partial charge in [0.05, 0.1) is 11.8 Å².